The van der Waals surface area contributed by atoms with E-state index in [9.17, 15) is 9.59 Å². The molecule has 26 heavy (non-hydrogen) atoms. The number of thiophene rings is 1. The molecule has 1 saturated carbocycles. The number of hydrogen-bond donors (Lipinski definition) is 1. The molecule has 2 fully saturated rings. The van der Waals surface area contributed by atoms with Gasteiger partial charge in [-0.15, -0.1) is 0 Å². The van der Waals surface area contributed by atoms with Gasteiger partial charge >= 0.3 is 0 Å². The van der Waals surface area contributed by atoms with Crippen LogP contribution in [0.3, 0.4) is 0 Å². The minimum absolute atomic E-state index is 0.0445. The van der Waals surface area contributed by atoms with Crippen molar-refractivity contribution in [2.45, 2.75) is 31.4 Å². The Balaban J connectivity index is 1.43. The topological polar surface area (TPSA) is 58.6 Å². The number of rotatable bonds is 4. The average molecular weight is 368 g/mol. The third-order valence-electron chi connectivity index (χ3n) is 5.45. The lowest BCUT2D eigenvalue weighted by Gasteiger charge is -2.20. The molecule has 2 unspecified atom stereocenters. The molecule has 134 valence electrons. The van der Waals surface area contributed by atoms with Crippen molar-refractivity contribution in [1.29, 1.82) is 0 Å². The molecule has 5 rings (SSSR count). The maximum atomic E-state index is 13.2. The number of amides is 2. The van der Waals surface area contributed by atoms with Crippen LogP contribution in [0.1, 0.15) is 29.6 Å². The summed E-state index contributed by atoms with van der Waals surface area (Å²) in [5.74, 6) is 0.477. The van der Waals surface area contributed by atoms with Crippen LogP contribution in [0.4, 0.5) is 5.69 Å². The molecule has 1 aromatic carbocycles. The number of anilines is 1. The van der Waals surface area contributed by atoms with Gasteiger partial charge in [0.1, 0.15) is 6.04 Å². The Hall–Kier alpha value is -2.18. The molecule has 2 aromatic rings. The molecule has 6 heteroatoms. The van der Waals surface area contributed by atoms with Crippen LogP contribution < -0.4 is 5.32 Å². The van der Waals surface area contributed by atoms with E-state index in [0.29, 0.717) is 30.1 Å². The predicted molar refractivity (Wildman–Crippen MR) is 100 cm³/mol. The van der Waals surface area contributed by atoms with Crippen LogP contribution in [-0.4, -0.2) is 42.0 Å². The smallest absolute Gasteiger partial charge is 0.256 e. The Bertz CT molecular complexity index is 860. The molecule has 0 bridgehead atoms. The number of ether oxygens (including phenoxy) is 1. The summed E-state index contributed by atoms with van der Waals surface area (Å²) in [6, 6.07) is 7.27. The van der Waals surface area contributed by atoms with Crippen molar-refractivity contribution in [1.82, 2.24) is 4.90 Å². The Morgan fingerprint density at radius 3 is 2.85 bits per heavy atom. The van der Waals surface area contributed by atoms with Crippen LogP contribution in [0.15, 0.2) is 35.0 Å². The van der Waals surface area contributed by atoms with E-state index in [2.05, 4.69) is 10.7 Å². The van der Waals surface area contributed by atoms with Gasteiger partial charge in [-0.1, -0.05) is 6.07 Å². The fraction of sp³-hybridized carbons (Fsp3) is 0.400. The van der Waals surface area contributed by atoms with E-state index in [0.717, 1.165) is 17.7 Å². The molecule has 1 aromatic heterocycles. The molecule has 1 aliphatic carbocycles. The zero-order valence-corrected chi connectivity index (χ0v) is 15.1. The maximum Gasteiger partial charge on any atom is 0.256 e. The summed E-state index contributed by atoms with van der Waals surface area (Å²) in [4.78, 5) is 27.5. The van der Waals surface area contributed by atoms with E-state index >= 15 is 0 Å². The molecule has 3 heterocycles. The first-order chi connectivity index (χ1) is 12.7. The summed E-state index contributed by atoms with van der Waals surface area (Å²) in [7, 11) is 0. The standard InChI is InChI=1S/C20H20N2O3S/c23-19-18-8-15(25-10-12-1-2-12)9-22(18)20(24)16-7-13(3-4-17(16)21-19)14-5-6-26-11-14/h3-7,11-12,15,18H,1-2,8-10H2,(H,21,23). The second-order valence-corrected chi connectivity index (χ2v) is 8.15. The van der Waals surface area contributed by atoms with Gasteiger partial charge in [0, 0.05) is 19.6 Å². The minimum Gasteiger partial charge on any atom is -0.376 e. The van der Waals surface area contributed by atoms with Crippen LogP contribution in [0.2, 0.25) is 0 Å². The number of hydrogen-bond acceptors (Lipinski definition) is 4. The van der Waals surface area contributed by atoms with Crippen LogP contribution in [0, 0.1) is 5.92 Å². The lowest BCUT2D eigenvalue weighted by atomic mass is 10.0. The second kappa shape index (κ2) is 6.21. The quantitative estimate of drug-likeness (QED) is 0.900. The number of carbonyl (C=O) groups excluding carboxylic acids is 2. The summed E-state index contributed by atoms with van der Waals surface area (Å²) >= 11 is 1.62. The molecule has 2 atom stereocenters. The Kier molecular flexibility index (Phi) is 3.83. The third kappa shape index (κ3) is 2.83. The highest BCUT2D eigenvalue weighted by atomic mass is 32.1. The number of benzene rings is 1. The first-order valence-corrected chi connectivity index (χ1v) is 10.0. The lowest BCUT2D eigenvalue weighted by Crippen LogP contribution is -2.40. The number of fused-ring (bicyclic) bond motifs is 2. The third-order valence-corrected chi connectivity index (χ3v) is 6.14. The Labute approximate surface area is 156 Å². The van der Waals surface area contributed by atoms with Gasteiger partial charge in [-0.2, -0.15) is 11.3 Å². The first-order valence-electron chi connectivity index (χ1n) is 9.09. The predicted octanol–water partition coefficient (Wildman–Crippen LogP) is 3.38. The van der Waals surface area contributed by atoms with Gasteiger partial charge in [0.05, 0.1) is 17.4 Å². The number of carbonyl (C=O) groups is 2. The first kappa shape index (κ1) is 16.0. The summed E-state index contributed by atoms with van der Waals surface area (Å²) < 4.78 is 5.95. The van der Waals surface area contributed by atoms with Crippen molar-refractivity contribution in [3.8, 4) is 11.1 Å². The Morgan fingerprint density at radius 1 is 1.19 bits per heavy atom. The fourth-order valence-corrected chi connectivity index (χ4v) is 4.42. The molecule has 5 nitrogen and oxygen atoms in total. The van der Waals surface area contributed by atoms with Crippen LogP contribution in [-0.2, 0) is 9.53 Å². The molecule has 1 saturated heterocycles. The van der Waals surface area contributed by atoms with Crippen molar-refractivity contribution < 1.29 is 14.3 Å². The molecular weight excluding hydrogens is 348 g/mol. The largest absolute Gasteiger partial charge is 0.376 e. The van der Waals surface area contributed by atoms with E-state index in [-0.39, 0.29) is 17.9 Å². The summed E-state index contributed by atoms with van der Waals surface area (Å²) in [6.07, 6.45) is 3.00. The van der Waals surface area contributed by atoms with Crippen molar-refractivity contribution >= 4 is 28.8 Å². The minimum atomic E-state index is -0.441. The molecule has 1 N–H and O–H groups in total. The van der Waals surface area contributed by atoms with Crippen LogP contribution in [0.5, 0.6) is 0 Å². The molecule has 0 radical (unpaired) electrons. The lowest BCUT2D eigenvalue weighted by molar-refractivity contribution is -0.119. The monoisotopic (exact) mass is 368 g/mol. The summed E-state index contributed by atoms with van der Waals surface area (Å²) in [5, 5.41) is 7.01. The van der Waals surface area contributed by atoms with Gasteiger partial charge in [-0.05, 0) is 58.8 Å². The van der Waals surface area contributed by atoms with Gasteiger partial charge in [0.2, 0.25) is 5.91 Å². The van der Waals surface area contributed by atoms with E-state index in [1.165, 1.54) is 12.8 Å². The highest BCUT2D eigenvalue weighted by Crippen LogP contribution is 2.34. The zero-order chi connectivity index (χ0) is 17.7. The molecule has 0 spiro atoms. The summed E-state index contributed by atoms with van der Waals surface area (Å²) in [5.41, 5.74) is 3.24. The highest BCUT2D eigenvalue weighted by molar-refractivity contribution is 7.08. The van der Waals surface area contributed by atoms with Gasteiger partial charge in [0.15, 0.2) is 0 Å². The van der Waals surface area contributed by atoms with Crippen molar-refractivity contribution in [3.63, 3.8) is 0 Å². The van der Waals surface area contributed by atoms with Crippen molar-refractivity contribution in [2.24, 2.45) is 5.92 Å². The van der Waals surface area contributed by atoms with Gasteiger partial charge < -0.3 is 15.0 Å². The molecule has 2 amide bonds. The van der Waals surface area contributed by atoms with Crippen LogP contribution in [0.25, 0.3) is 11.1 Å². The maximum absolute atomic E-state index is 13.2. The van der Waals surface area contributed by atoms with Crippen molar-refractivity contribution in [2.75, 3.05) is 18.5 Å². The van der Waals surface area contributed by atoms with E-state index < -0.39 is 6.04 Å². The van der Waals surface area contributed by atoms with Gasteiger partial charge in [-0.3, -0.25) is 9.59 Å². The molecule has 3 aliphatic rings. The summed E-state index contributed by atoms with van der Waals surface area (Å²) in [6.45, 7) is 1.24. The highest BCUT2D eigenvalue weighted by Gasteiger charge is 2.43. The second-order valence-electron chi connectivity index (χ2n) is 7.37. The average Bonchev–Trinajstić information content (AvgIpc) is 3.17. The van der Waals surface area contributed by atoms with Gasteiger partial charge in [-0.25, -0.2) is 0 Å². The normalized spacial score (nSPS) is 24.8. The molecular formula is C20H20N2O3S. The fourth-order valence-electron chi connectivity index (χ4n) is 3.76. The van der Waals surface area contributed by atoms with E-state index in [1.54, 1.807) is 16.2 Å². The SMILES string of the molecule is O=C1Nc2ccc(-c3ccsc3)cc2C(=O)N2CC(OCC3CC3)CC12. The zero-order valence-electron chi connectivity index (χ0n) is 14.3. The Morgan fingerprint density at radius 2 is 2.08 bits per heavy atom. The van der Waals surface area contributed by atoms with Crippen molar-refractivity contribution in [3.05, 3.63) is 40.6 Å². The van der Waals surface area contributed by atoms with E-state index in [1.807, 2.05) is 29.6 Å². The van der Waals surface area contributed by atoms with Gasteiger partial charge in [0.25, 0.3) is 5.91 Å². The van der Waals surface area contributed by atoms with Crippen LogP contribution >= 0.6 is 11.3 Å². The molecule has 2 aliphatic heterocycles. The van der Waals surface area contributed by atoms with E-state index in [4.69, 9.17) is 4.74 Å². The number of nitrogens with zero attached hydrogens (tertiary/aromatic N) is 1. The number of nitrogens with one attached hydrogen (secondary N) is 1.